The summed E-state index contributed by atoms with van der Waals surface area (Å²) >= 11 is 2.16. The number of hydrogen-bond acceptors (Lipinski definition) is 4. The van der Waals surface area contributed by atoms with Crippen LogP contribution < -0.4 is 5.73 Å². The first-order valence-electron chi connectivity index (χ1n) is 8.67. The lowest BCUT2D eigenvalue weighted by molar-refractivity contribution is 0.00881. The van der Waals surface area contributed by atoms with Crippen molar-refractivity contribution < 1.29 is 9.59 Å². The lowest BCUT2D eigenvalue weighted by Gasteiger charge is -2.49. The Kier molecular flexibility index (Phi) is 4.40. The molecule has 2 amide bonds. The van der Waals surface area contributed by atoms with Gasteiger partial charge in [0.2, 0.25) is 0 Å². The lowest BCUT2D eigenvalue weighted by Crippen LogP contribution is -2.60. The maximum absolute atomic E-state index is 13.3. The van der Waals surface area contributed by atoms with E-state index in [-0.39, 0.29) is 30.3 Å². The zero-order valence-corrected chi connectivity index (χ0v) is 17.0. The lowest BCUT2D eigenvalue weighted by atomic mass is 9.81. The van der Waals surface area contributed by atoms with Gasteiger partial charge < -0.3 is 10.6 Å². The maximum Gasteiger partial charge on any atom is 0.261 e. The van der Waals surface area contributed by atoms with Crippen LogP contribution in [0.25, 0.3) is 10.8 Å². The van der Waals surface area contributed by atoms with Gasteiger partial charge in [0.25, 0.3) is 11.8 Å². The van der Waals surface area contributed by atoms with E-state index in [0.29, 0.717) is 28.1 Å². The van der Waals surface area contributed by atoms with E-state index in [9.17, 15) is 9.59 Å². The Hall–Kier alpha value is -1.38. The number of piperidine rings is 3. The number of nitrogen functional groups attached to an aromatic ring is 1. The smallest absolute Gasteiger partial charge is 0.261 e. The number of carbonyl (C=O) groups excluding carboxylic acids is 2. The number of carbonyl (C=O) groups is 2. The van der Waals surface area contributed by atoms with Crippen molar-refractivity contribution in [3.05, 3.63) is 39.0 Å². The molecule has 2 bridgehead atoms. The van der Waals surface area contributed by atoms with Crippen molar-refractivity contribution in [2.24, 2.45) is 5.92 Å². The molecule has 4 heterocycles. The van der Waals surface area contributed by atoms with E-state index in [1.807, 2.05) is 24.3 Å². The molecule has 0 aliphatic carbocycles. The Balaban J connectivity index is 0.00000168. The van der Waals surface area contributed by atoms with Gasteiger partial charge in [-0.15, -0.1) is 12.4 Å². The fourth-order valence-electron chi connectivity index (χ4n) is 4.70. The van der Waals surface area contributed by atoms with Crippen LogP contribution in [-0.4, -0.2) is 47.3 Å². The summed E-state index contributed by atoms with van der Waals surface area (Å²) in [6, 6.07) is 7.40. The molecule has 136 valence electrons. The standard InChI is InChI=1S/C19H18IN3O2.ClH/c20-14-8-13-16-11(17(14)21)2-1-3-12(16)18(24)23(19(13)25)15-9-22-6-4-10(15)5-7-22;/h1-3,8,10,15H,4-7,9,21H2;1H/t15-;/m1./s1. The molecule has 5 nitrogen and oxygen atoms in total. The van der Waals surface area contributed by atoms with Crippen molar-refractivity contribution in [2.75, 3.05) is 25.4 Å². The van der Waals surface area contributed by atoms with Crippen LogP contribution in [-0.2, 0) is 0 Å². The highest BCUT2D eigenvalue weighted by Crippen LogP contribution is 2.39. The summed E-state index contributed by atoms with van der Waals surface area (Å²) in [7, 11) is 0. The van der Waals surface area contributed by atoms with Gasteiger partial charge in [0.1, 0.15) is 0 Å². The molecule has 0 saturated carbocycles. The van der Waals surface area contributed by atoms with Gasteiger partial charge in [-0.3, -0.25) is 14.5 Å². The van der Waals surface area contributed by atoms with Gasteiger partial charge in [0.05, 0.1) is 11.7 Å². The van der Waals surface area contributed by atoms with E-state index in [1.54, 1.807) is 4.90 Å². The molecular formula is C19H19ClIN3O2. The molecule has 0 unspecified atom stereocenters. The number of nitrogens with two attached hydrogens (primary N) is 1. The van der Waals surface area contributed by atoms with Gasteiger partial charge in [0, 0.05) is 32.0 Å². The first-order valence-corrected chi connectivity index (χ1v) is 9.75. The van der Waals surface area contributed by atoms with Crippen molar-refractivity contribution in [1.82, 2.24) is 9.80 Å². The zero-order valence-electron chi connectivity index (χ0n) is 14.1. The number of nitrogens with zero attached hydrogens (tertiary/aromatic N) is 2. The molecule has 0 spiro atoms. The highest BCUT2D eigenvalue weighted by atomic mass is 127. The predicted octanol–water partition coefficient (Wildman–Crippen LogP) is 3.14. The van der Waals surface area contributed by atoms with Crippen LogP contribution in [0.5, 0.6) is 0 Å². The maximum atomic E-state index is 13.3. The summed E-state index contributed by atoms with van der Waals surface area (Å²) in [5.74, 6) is 0.0966. The van der Waals surface area contributed by atoms with Gasteiger partial charge >= 0.3 is 0 Å². The molecule has 26 heavy (non-hydrogen) atoms. The molecule has 7 heteroatoms. The van der Waals surface area contributed by atoms with Crippen molar-refractivity contribution in [3.8, 4) is 0 Å². The average Bonchev–Trinajstić information content (AvgIpc) is 2.64. The van der Waals surface area contributed by atoms with Crippen LogP contribution in [0.15, 0.2) is 24.3 Å². The number of imide groups is 1. The molecule has 0 radical (unpaired) electrons. The van der Waals surface area contributed by atoms with E-state index in [1.165, 1.54) is 0 Å². The Morgan fingerprint density at radius 1 is 1.08 bits per heavy atom. The zero-order chi connectivity index (χ0) is 17.3. The Labute approximate surface area is 171 Å². The second-order valence-corrected chi connectivity index (χ2v) is 8.40. The fraction of sp³-hybridized carbons (Fsp3) is 0.368. The average molecular weight is 484 g/mol. The topological polar surface area (TPSA) is 66.6 Å². The first kappa shape index (κ1) is 18.0. The molecule has 3 fully saturated rings. The number of anilines is 1. The SMILES string of the molecule is Cl.Nc1c(I)cc2c3c(cccc13)C(=O)N([C@@H]1CN3CCC1CC3)C2=O. The van der Waals surface area contributed by atoms with Crippen molar-refractivity contribution in [3.63, 3.8) is 0 Å². The Morgan fingerprint density at radius 3 is 2.42 bits per heavy atom. The van der Waals surface area contributed by atoms with Crippen molar-refractivity contribution >= 4 is 63.3 Å². The second kappa shape index (κ2) is 6.35. The van der Waals surface area contributed by atoms with Gasteiger partial charge in [0.15, 0.2) is 0 Å². The van der Waals surface area contributed by atoms with E-state index < -0.39 is 0 Å². The molecule has 2 N–H and O–H groups in total. The summed E-state index contributed by atoms with van der Waals surface area (Å²) in [5, 5.41) is 1.52. The third kappa shape index (κ3) is 2.38. The normalized spacial score (nSPS) is 27.0. The Morgan fingerprint density at radius 2 is 1.77 bits per heavy atom. The van der Waals surface area contributed by atoms with E-state index in [4.69, 9.17) is 5.73 Å². The summed E-state index contributed by atoms with van der Waals surface area (Å²) in [6.45, 7) is 2.97. The van der Waals surface area contributed by atoms with Crippen LogP contribution in [0.3, 0.4) is 0 Å². The van der Waals surface area contributed by atoms with E-state index in [0.717, 1.165) is 41.4 Å². The number of benzene rings is 2. The monoisotopic (exact) mass is 483 g/mol. The van der Waals surface area contributed by atoms with Crippen molar-refractivity contribution in [2.45, 2.75) is 18.9 Å². The molecule has 4 aliphatic rings. The summed E-state index contributed by atoms with van der Waals surface area (Å²) in [5.41, 5.74) is 8.05. The van der Waals surface area contributed by atoms with Crippen LogP contribution in [0, 0.1) is 9.49 Å². The summed E-state index contributed by atoms with van der Waals surface area (Å²) in [4.78, 5) is 30.4. The third-order valence-electron chi connectivity index (χ3n) is 6.00. The minimum absolute atomic E-state index is 0. The van der Waals surface area contributed by atoms with Gasteiger partial charge in [-0.05, 0) is 66.6 Å². The predicted molar refractivity (Wildman–Crippen MR) is 112 cm³/mol. The number of hydrogen-bond donors (Lipinski definition) is 1. The highest BCUT2D eigenvalue weighted by Gasteiger charge is 2.45. The quantitative estimate of drug-likeness (QED) is 0.384. The molecular weight excluding hydrogens is 465 g/mol. The van der Waals surface area contributed by atoms with Crippen LogP contribution in [0.2, 0.25) is 0 Å². The molecule has 0 aromatic heterocycles. The molecule has 6 rings (SSSR count). The Bertz CT molecular complexity index is 940. The van der Waals surface area contributed by atoms with Crippen LogP contribution >= 0.6 is 35.0 Å². The molecule has 1 atom stereocenters. The summed E-state index contributed by atoms with van der Waals surface area (Å²) < 4.78 is 0.855. The van der Waals surface area contributed by atoms with E-state index >= 15 is 0 Å². The first-order chi connectivity index (χ1) is 12.1. The van der Waals surface area contributed by atoms with Crippen molar-refractivity contribution in [1.29, 1.82) is 0 Å². The fourth-order valence-corrected chi connectivity index (χ4v) is 5.30. The molecule has 4 aliphatic heterocycles. The van der Waals surface area contributed by atoms with Crippen LogP contribution in [0.4, 0.5) is 5.69 Å². The third-order valence-corrected chi connectivity index (χ3v) is 6.90. The van der Waals surface area contributed by atoms with Gasteiger partial charge in [-0.2, -0.15) is 0 Å². The summed E-state index contributed by atoms with van der Waals surface area (Å²) in [6.07, 6.45) is 2.14. The van der Waals surface area contributed by atoms with Gasteiger partial charge in [-0.25, -0.2) is 0 Å². The molecule has 2 aromatic carbocycles. The van der Waals surface area contributed by atoms with Crippen LogP contribution in [0.1, 0.15) is 33.6 Å². The number of rotatable bonds is 1. The highest BCUT2D eigenvalue weighted by molar-refractivity contribution is 14.1. The minimum Gasteiger partial charge on any atom is -0.397 e. The molecule has 3 saturated heterocycles. The largest absolute Gasteiger partial charge is 0.397 e. The number of amides is 2. The number of halogens is 2. The molecule has 2 aromatic rings. The minimum atomic E-state index is -0.164. The van der Waals surface area contributed by atoms with E-state index in [2.05, 4.69) is 27.5 Å². The van der Waals surface area contributed by atoms with Gasteiger partial charge in [-0.1, -0.05) is 12.1 Å². The second-order valence-electron chi connectivity index (χ2n) is 7.23. The number of fused-ring (bicyclic) bond motifs is 3.